The van der Waals surface area contributed by atoms with Crippen molar-refractivity contribution in [1.29, 1.82) is 0 Å². The number of hydrogen-bond acceptors (Lipinski definition) is 4. The Kier molecular flexibility index (Phi) is 5.12. The van der Waals surface area contributed by atoms with Crippen molar-refractivity contribution in [1.82, 2.24) is 4.98 Å². The third-order valence-corrected chi connectivity index (χ3v) is 3.22. The average Bonchev–Trinajstić information content (AvgIpc) is 2.45. The van der Waals surface area contributed by atoms with E-state index in [0.29, 0.717) is 24.0 Å². The highest BCUT2D eigenvalue weighted by molar-refractivity contribution is 5.85. The molecule has 20 heavy (non-hydrogen) atoms. The number of hydrogen-bond donors (Lipinski definition) is 1. The number of aryl methyl sites for hydroxylation is 1. The van der Waals surface area contributed by atoms with Gasteiger partial charge in [-0.15, -0.1) is 0 Å². The summed E-state index contributed by atoms with van der Waals surface area (Å²) in [6.07, 6.45) is 4.54. The highest BCUT2D eigenvalue weighted by atomic mass is 16.5. The molecule has 0 spiro atoms. The molecular weight excluding hydrogens is 258 g/mol. The molecule has 2 heterocycles. The van der Waals surface area contributed by atoms with Crippen molar-refractivity contribution in [2.45, 2.75) is 19.8 Å². The summed E-state index contributed by atoms with van der Waals surface area (Å²) < 4.78 is 11.1. The first-order valence-electron chi connectivity index (χ1n) is 6.74. The summed E-state index contributed by atoms with van der Waals surface area (Å²) in [6, 6.07) is 3.70. The number of carbonyl (C=O) groups is 1. The first-order chi connectivity index (χ1) is 9.65. The maximum atomic E-state index is 10.6. The van der Waals surface area contributed by atoms with Crippen LogP contribution in [0.4, 0.5) is 0 Å². The monoisotopic (exact) mass is 277 g/mol. The molecule has 5 nitrogen and oxygen atoms in total. The molecule has 2 rings (SSSR count). The van der Waals surface area contributed by atoms with Crippen LogP contribution >= 0.6 is 0 Å². The fourth-order valence-electron chi connectivity index (χ4n) is 2.08. The van der Waals surface area contributed by atoms with Gasteiger partial charge in [0.25, 0.3) is 0 Å². The van der Waals surface area contributed by atoms with E-state index in [2.05, 4.69) is 4.98 Å². The van der Waals surface area contributed by atoms with E-state index >= 15 is 0 Å². The molecule has 1 N–H and O–H groups in total. The standard InChI is InChI=1S/C15H19NO4/c1-11-2-4-14(13(16-11)3-5-15(17)18)20-10-12-6-8-19-9-7-12/h2-5,12H,6-10H2,1H3,(H,17,18). The molecular formula is C15H19NO4. The Morgan fingerprint density at radius 1 is 1.50 bits per heavy atom. The highest BCUT2D eigenvalue weighted by Gasteiger charge is 2.15. The lowest BCUT2D eigenvalue weighted by Crippen LogP contribution is -2.21. The number of carboxylic acids is 1. The Bertz CT molecular complexity index is 493. The minimum Gasteiger partial charge on any atom is -0.491 e. The Morgan fingerprint density at radius 2 is 2.25 bits per heavy atom. The maximum absolute atomic E-state index is 10.6. The number of aliphatic carboxylic acids is 1. The molecule has 1 aromatic heterocycles. The Balaban J connectivity index is 2.03. The highest BCUT2D eigenvalue weighted by Crippen LogP contribution is 2.21. The summed E-state index contributed by atoms with van der Waals surface area (Å²) in [5, 5.41) is 8.70. The van der Waals surface area contributed by atoms with E-state index in [-0.39, 0.29) is 0 Å². The fourth-order valence-corrected chi connectivity index (χ4v) is 2.08. The predicted octanol–water partition coefficient (Wildman–Crippen LogP) is 2.29. The summed E-state index contributed by atoms with van der Waals surface area (Å²) in [6.45, 7) is 4.04. The quantitative estimate of drug-likeness (QED) is 0.836. The molecule has 0 radical (unpaired) electrons. The molecule has 0 amide bonds. The first-order valence-corrected chi connectivity index (χ1v) is 6.74. The smallest absolute Gasteiger partial charge is 0.328 e. The number of ether oxygens (including phenoxy) is 2. The van der Waals surface area contributed by atoms with Crippen LogP contribution in [-0.2, 0) is 9.53 Å². The van der Waals surface area contributed by atoms with Gasteiger partial charge in [0.2, 0.25) is 0 Å². The van der Waals surface area contributed by atoms with Gasteiger partial charge >= 0.3 is 5.97 Å². The van der Waals surface area contributed by atoms with Crippen LogP contribution in [0.1, 0.15) is 24.2 Å². The zero-order valence-corrected chi connectivity index (χ0v) is 11.5. The number of nitrogens with zero attached hydrogens (tertiary/aromatic N) is 1. The largest absolute Gasteiger partial charge is 0.491 e. The van der Waals surface area contributed by atoms with E-state index in [0.717, 1.165) is 37.8 Å². The van der Waals surface area contributed by atoms with Crippen LogP contribution in [0.25, 0.3) is 6.08 Å². The number of carboxylic acid groups (broad SMARTS) is 1. The van der Waals surface area contributed by atoms with Crippen LogP contribution in [0.3, 0.4) is 0 Å². The van der Waals surface area contributed by atoms with E-state index in [1.807, 2.05) is 19.1 Å². The van der Waals surface area contributed by atoms with E-state index in [4.69, 9.17) is 14.6 Å². The van der Waals surface area contributed by atoms with E-state index in [9.17, 15) is 4.79 Å². The van der Waals surface area contributed by atoms with Crippen LogP contribution in [0, 0.1) is 12.8 Å². The van der Waals surface area contributed by atoms with Crippen molar-refractivity contribution < 1.29 is 19.4 Å². The molecule has 0 atom stereocenters. The van der Waals surface area contributed by atoms with Crippen LogP contribution in [0.5, 0.6) is 5.75 Å². The summed E-state index contributed by atoms with van der Waals surface area (Å²) in [4.78, 5) is 14.9. The van der Waals surface area contributed by atoms with E-state index < -0.39 is 5.97 Å². The summed E-state index contributed by atoms with van der Waals surface area (Å²) >= 11 is 0. The van der Waals surface area contributed by atoms with Gasteiger partial charge in [-0.05, 0) is 43.9 Å². The lowest BCUT2D eigenvalue weighted by atomic mass is 10.0. The van der Waals surface area contributed by atoms with E-state index in [1.165, 1.54) is 6.08 Å². The molecule has 1 aromatic rings. The predicted molar refractivity (Wildman–Crippen MR) is 74.7 cm³/mol. The van der Waals surface area contributed by atoms with Gasteiger partial charge in [0.05, 0.1) is 6.61 Å². The normalized spacial score (nSPS) is 16.4. The molecule has 108 valence electrons. The number of pyridine rings is 1. The van der Waals surface area contributed by atoms with Gasteiger partial charge in [-0.25, -0.2) is 9.78 Å². The molecule has 0 bridgehead atoms. The second-order valence-electron chi connectivity index (χ2n) is 4.87. The lowest BCUT2D eigenvalue weighted by molar-refractivity contribution is -0.131. The second kappa shape index (κ2) is 7.05. The van der Waals surface area contributed by atoms with Gasteiger partial charge in [0.15, 0.2) is 0 Å². The van der Waals surface area contributed by atoms with Crippen molar-refractivity contribution in [2.75, 3.05) is 19.8 Å². The van der Waals surface area contributed by atoms with Crippen LogP contribution in [-0.4, -0.2) is 35.9 Å². The minimum atomic E-state index is -0.997. The van der Waals surface area contributed by atoms with Crippen molar-refractivity contribution in [3.63, 3.8) is 0 Å². The number of aromatic nitrogens is 1. The van der Waals surface area contributed by atoms with Gasteiger partial charge in [-0.1, -0.05) is 0 Å². The zero-order chi connectivity index (χ0) is 14.4. The molecule has 0 aromatic carbocycles. The van der Waals surface area contributed by atoms with Crippen LogP contribution < -0.4 is 4.74 Å². The molecule has 5 heteroatoms. The van der Waals surface area contributed by atoms with Gasteiger partial charge < -0.3 is 14.6 Å². The van der Waals surface area contributed by atoms with Gasteiger partial charge in [-0.2, -0.15) is 0 Å². The molecule has 1 fully saturated rings. The molecule has 1 aliphatic heterocycles. The van der Waals surface area contributed by atoms with Crippen LogP contribution in [0.2, 0.25) is 0 Å². The van der Waals surface area contributed by atoms with E-state index in [1.54, 1.807) is 0 Å². The van der Waals surface area contributed by atoms with Crippen LogP contribution in [0.15, 0.2) is 18.2 Å². The summed E-state index contributed by atoms with van der Waals surface area (Å²) in [5.41, 5.74) is 1.38. The van der Waals surface area contributed by atoms with Crippen molar-refractivity contribution in [3.05, 3.63) is 29.6 Å². The zero-order valence-electron chi connectivity index (χ0n) is 11.5. The Morgan fingerprint density at radius 3 is 2.95 bits per heavy atom. The summed E-state index contributed by atoms with van der Waals surface area (Å²) in [7, 11) is 0. The summed E-state index contributed by atoms with van der Waals surface area (Å²) in [5.74, 6) is 0.115. The molecule has 1 aliphatic rings. The number of rotatable bonds is 5. The third-order valence-electron chi connectivity index (χ3n) is 3.22. The maximum Gasteiger partial charge on any atom is 0.328 e. The van der Waals surface area contributed by atoms with Crippen molar-refractivity contribution >= 4 is 12.0 Å². The van der Waals surface area contributed by atoms with Gasteiger partial charge in [0.1, 0.15) is 11.4 Å². The lowest BCUT2D eigenvalue weighted by Gasteiger charge is -2.22. The average molecular weight is 277 g/mol. The van der Waals surface area contributed by atoms with Crippen molar-refractivity contribution in [2.24, 2.45) is 5.92 Å². The Labute approximate surface area is 118 Å². The molecule has 0 aliphatic carbocycles. The van der Waals surface area contributed by atoms with Gasteiger partial charge in [-0.3, -0.25) is 0 Å². The van der Waals surface area contributed by atoms with Crippen molar-refractivity contribution in [3.8, 4) is 5.75 Å². The molecule has 0 saturated carbocycles. The van der Waals surface area contributed by atoms with Gasteiger partial charge in [0, 0.05) is 25.0 Å². The second-order valence-corrected chi connectivity index (χ2v) is 4.87. The minimum absolute atomic E-state index is 0.487. The fraction of sp³-hybridized carbons (Fsp3) is 0.467. The third kappa shape index (κ3) is 4.35. The molecule has 0 unspecified atom stereocenters. The SMILES string of the molecule is Cc1ccc(OCC2CCOCC2)c(C=CC(=O)O)n1. The Hall–Kier alpha value is -1.88. The first kappa shape index (κ1) is 14.5. The topological polar surface area (TPSA) is 68.7 Å². The molecule has 1 saturated heterocycles.